The standard InChI is InChI=1S/C13H12BrN3O/c1-3-6-17-8-16-12(13(17)15)9-4-5-11(18-2)10(14)7-9/h1,4-5,7-8H,6,15H2,2H3. The Labute approximate surface area is 114 Å². The van der Waals surface area contributed by atoms with E-state index in [1.54, 1.807) is 18.0 Å². The molecule has 1 aromatic heterocycles. The molecule has 4 nitrogen and oxygen atoms in total. The number of ether oxygens (including phenoxy) is 1. The first-order valence-electron chi connectivity index (χ1n) is 5.25. The van der Waals surface area contributed by atoms with E-state index in [0.29, 0.717) is 18.1 Å². The molecule has 1 heterocycles. The van der Waals surface area contributed by atoms with Crippen molar-refractivity contribution in [2.24, 2.45) is 0 Å². The normalized spacial score (nSPS) is 10.1. The lowest BCUT2D eigenvalue weighted by Gasteiger charge is -2.06. The summed E-state index contributed by atoms with van der Waals surface area (Å²) >= 11 is 3.43. The van der Waals surface area contributed by atoms with E-state index in [2.05, 4.69) is 26.8 Å². The number of methoxy groups -OCH3 is 1. The van der Waals surface area contributed by atoms with Crippen molar-refractivity contribution in [2.75, 3.05) is 12.8 Å². The van der Waals surface area contributed by atoms with Crippen molar-refractivity contribution in [1.29, 1.82) is 0 Å². The van der Waals surface area contributed by atoms with Crippen molar-refractivity contribution in [3.05, 3.63) is 29.0 Å². The minimum Gasteiger partial charge on any atom is -0.496 e. The first-order valence-corrected chi connectivity index (χ1v) is 6.04. The molecule has 5 heteroatoms. The van der Waals surface area contributed by atoms with Gasteiger partial charge in [-0.05, 0) is 34.1 Å². The monoisotopic (exact) mass is 305 g/mol. The zero-order chi connectivity index (χ0) is 13.1. The number of hydrogen-bond donors (Lipinski definition) is 1. The number of imidazole rings is 1. The highest BCUT2D eigenvalue weighted by molar-refractivity contribution is 9.10. The summed E-state index contributed by atoms with van der Waals surface area (Å²) in [6.07, 6.45) is 6.90. The number of hydrogen-bond acceptors (Lipinski definition) is 3. The van der Waals surface area contributed by atoms with E-state index in [0.717, 1.165) is 15.8 Å². The van der Waals surface area contributed by atoms with Crippen LogP contribution in [0, 0.1) is 12.3 Å². The van der Waals surface area contributed by atoms with E-state index >= 15 is 0 Å². The molecule has 92 valence electrons. The SMILES string of the molecule is C#CCn1cnc(-c2ccc(OC)c(Br)c2)c1N. The first kappa shape index (κ1) is 12.5. The first-order chi connectivity index (χ1) is 8.67. The van der Waals surface area contributed by atoms with Gasteiger partial charge in [0.05, 0.1) is 24.5 Å². The molecule has 2 N–H and O–H groups in total. The molecule has 1 aromatic carbocycles. The van der Waals surface area contributed by atoms with E-state index in [4.69, 9.17) is 16.9 Å². The van der Waals surface area contributed by atoms with Crippen molar-refractivity contribution in [3.8, 4) is 29.4 Å². The number of rotatable bonds is 3. The summed E-state index contributed by atoms with van der Waals surface area (Å²) in [5, 5.41) is 0. The molecule has 0 radical (unpaired) electrons. The van der Waals surface area contributed by atoms with Crippen molar-refractivity contribution in [2.45, 2.75) is 6.54 Å². The maximum atomic E-state index is 6.00. The molecule has 0 fully saturated rings. The Balaban J connectivity index is 2.43. The number of anilines is 1. The topological polar surface area (TPSA) is 53.1 Å². The second-order valence-electron chi connectivity index (χ2n) is 3.66. The summed E-state index contributed by atoms with van der Waals surface area (Å²) in [7, 11) is 1.62. The van der Waals surface area contributed by atoms with Gasteiger partial charge in [-0.2, -0.15) is 0 Å². The Bertz CT molecular complexity index is 613. The average Bonchev–Trinajstić information content (AvgIpc) is 2.72. The Morgan fingerprint density at radius 2 is 2.33 bits per heavy atom. The lowest BCUT2D eigenvalue weighted by Crippen LogP contribution is -2.00. The number of benzene rings is 1. The highest BCUT2D eigenvalue weighted by atomic mass is 79.9. The minimum atomic E-state index is 0.413. The Kier molecular flexibility index (Phi) is 3.58. The number of terminal acetylenes is 1. The van der Waals surface area contributed by atoms with Crippen LogP contribution in [0.15, 0.2) is 29.0 Å². The molecule has 0 saturated heterocycles. The van der Waals surface area contributed by atoms with Gasteiger partial charge in [0.1, 0.15) is 17.3 Å². The quantitative estimate of drug-likeness (QED) is 0.887. The summed E-state index contributed by atoms with van der Waals surface area (Å²) < 4.78 is 7.76. The largest absolute Gasteiger partial charge is 0.496 e. The van der Waals surface area contributed by atoms with Gasteiger partial charge in [-0.1, -0.05) is 5.92 Å². The van der Waals surface area contributed by atoms with Crippen molar-refractivity contribution < 1.29 is 4.74 Å². The second kappa shape index (κ2) is 5.15. The number of nitrogen functional groups attached to an aromatic ring is 1. The minimum absolute atomic E-state index is 0.413. The van der Waals surface area contributed by atoms with Gasteiger partial charge in [-0.15, -0.1) is 6.42 Å². The number of nitrogens with two attached hydrogens (primary N) is 1. The van der Waals surface area contributed by atoms with E-state index < -0.39 is 0 Å². The third-order valence-electron chi connectivity index (χ3n) is 2.57. The molecule has 2 aromatic rings. The van der Waals surface area contributed by atoms with Gasteiger partial charge in [0.25, 0.3) is 0 Å². The fourth-order valence-electron chi connectivity index (χ4n) is 1.65. The van der Waals surface area contributed by atoms with Crippen LogP contribution < -0.4 is 10.5 Å². The van der Waals surface area contributed by atoms with Gasteiger partial charge in [0.2, 0.25) is 0 Å². The Morgan fingerprint density at radius 3 is 2.94 bits per heavy atom. The highest BCUT2D eigenvalue weighted by Crippen LogP contribution is 2.32. The molecule has 18 heavy (non-hydrogen) atoms. The van der Waals surface area contributed by atoms with Crippen molar-refractivity contribution >= 4 is 21.7 Å². The molecule has 0 aliphatic carbocycles. The summed E-state index contributed by atoms with van der Waals surface area (Å²) in [6, 6.07) is 5.68. The van der Waals surface area contributed by atoms with Crippen LogP contribution in [0.25, 0.3) is 11.3 Å². The molecule has 0 aliphatic heterocycles. The third kappa shape index (κ3) is 2.20. The van der Waals surface area contributed by atoms with Crippen LogP contribution in [-0.4, -0.2) is 16.7 Å². The predicted octanol–water partition coefficient (Wildman–Crippen LogP) is 2.54. The van der Waals surface area contributed by atoms with Crippen LogP contribution in [0.2, 0.25) is 0 Å². The van der Waals surface area contributed by atoms with Gasteiger partial charge < -0.3 is 15.0 Å². The van der Waals surface area contributed by atoms with Crippen LogP contribution in [0.3, 0.4) is 0 Å². The summed E-state index contributed by atoms with van der Waals surface area (Å²) in [5.74, 6) is 3.86. The van der Waals surface area contributed by atoms with Crippen LogP contribution in [0.4, 0.5) is 5.82 Å². The zero-order valence-corrected chi connectivity index (χ0v) is 11.4. The van der Waals surface area contributed by atoms with Crippen molar-refractivity contribution in [1.82, 2.24) is 9.55 Å². The van der Waals surface area contributed by atoms with E-state index in [1.807, 2.05) is 18.2 Å². The molecule has 2 rings (SSSR count). The van der Waals surface area contributed by atoms with E-state index in [9.17, 15) is 0 Å². The van der Waals surface area contributed by atoms with Crippen LogP contribution in [0.1, 0.15) is 0 Å². The molecular weight excluding hydrogens is 294 g/mol. The maximum absolute atomic E-state index is 6.00. The van der Waals surface area contributed by atoms with Crippen molar-refractivity contribution in [3.63, 3.8) is 0 Å². The molecular formula is C13H12BrN3O. The second-order valence-corrected chi connectivity index (χ2v) is 4.51. The molecule has 0 aliphatic rings. The summed E-state index contributed by atoms with van der Waals surface area (Å²) in [4.78, 5) is 4.28. The lowest BCUT2D eigenvalue weighted by molar-refractivity contribution is 0.412. The summed E-state index contributed by atoms with van der Waals surface area (Å²) in [5.41, 5.74) is 7.63. The van der Waals surface area contributed by atoms with Gasteiger partial charge in [-0.25, -0.2) is 4.98 Å². The number of nitrogens with zero attached hydrogens (tertiary/aromatic N) is 2. The van der Waals surface area contributed by atoms with Crippen LogP contribution in [-0.2, 0) is 6.54 Å². The smallest absolute Gasteiger partial charge is 0.133 e. The molecule has 0 amide bonds. The maximum Gasteiger partial charge on any atom is 0.133 e. The van der Waals surface area contributed by atoms with E-state index in [1.165, 1.54) is 0 Å². The number of halogens is 1. The Morgan fingerprint density at radius 1 is 1.56 bits per heavy atom. The highest BCUT2D eigenvalue weighted by Gasteiger charge is 2.11. The van der Waals surface area contributed by atoms with Gasteiger partial charge in [0, 0.05) is 5.56 Å². The average molecular weight is 306 g/mol. The predicted molar refractivity (Wildman–Crippen MR) is 75.2 cm³/mol. The van der Waals surface area contributed by atoms with Gasteiger partial charge in [-0.3, -0.25) is 0 Å². The molecule has 0 atom stereocenters. The van der Waals surface area contributed by atoms with Crippen LogP contribution in [0.5, 0.6) is 5.75 Å². The summed E-state index contributed by atoms with van der Waals surface area (Å²) in [6.45, 7) is 0.413. The molecule has 0 bridgehead atoms. The van der Waals surface area contributed by atoms with E-state index in [-0.39, 0.29) is 0 Å². The lowest BCUT2D eigenvalue weighted by atomic mass is 10.1. The number of aromatic nitrogens is 2. The molecule has 0 spiro atoms. The van der Waals surface area contributed by atoms with Crippen LogP contribution >= 0.6 is 15.9 Å². The molecule has 0 saturated carbocycles. The zero-order valence-electron chi connectivity index (χ0n) is 9.85. The third-order valence-corrected chi connectivity index (χ3v) is 3.18. The van der Waals surface area contributed by atoms with Gasteiger partial charge in [0.15, 0.2) is 0 Å². The van der Waals surface area contributed by atoms with Gasteiger partial charge >= 0.3 is 0 Å². The fraction of sp³-hybridized carbons (Fsp3) is 0.154. The molecule has 0 unspecified atom stereocenters. The fourth-order valence-corrected chi connectivity index (χ4v) is 2.19. The Hall–Kier alpha value is -1.93.